The molecule has 2 amide bonds. The molecule has 0 aliphatic rings. The van der Waals surface area contributed by atoms with Crippen LogP contribution in [-0.4, -0.2) is 67.1 Å². The van der Waals surface area contributed by atoms with Crippen molar-refractivity contribution >= 4 is 22.7 Å². The smallest absolute Gasteiger partial charge is 0.254 e. The third-order valence-corrected chi connectivity index (χ3v) is 7.68. The van der Waals surface area contributed by atoms with Crippen molar-refractivity contribution in [2.24, 2.45) is 0 Å². The number of H-pyrrole nitrogens is 1. The lowest BCUT2D eigenvalue weighted by atomic mass is 10.0. The van der Waals surface area contributed by atoms with Crippen LogP contribution in [0.5, 0.6) is 5.75 Å². The van der Waals surface area contributed by atoms with Gasteiger partial charge < -0.3 is 24.3 Å². The number of carbonyl (C=O) groups excluding carboxylic acids is 2. The molecule has 0 aliphatic carbocycles. The number of methoxy groups -OCH3 is 2. The van der Waals surface area contributed by atoms with E-state index in [2.05, 4.69) is 18.0 Å². The summed E-state index contributed by atoms with van der Waals surface area (Å²) in [5.41, 5.74) is 4.94. The highest BCUT2D eigenvalue weighted by molar-refractivity contribution is 5.96. The molecule has 7 nitrogen and oxygen atoms in total. The molecule has 1 aromatic heterocycles. The van der Waals surface area contributed by atoms with Crippen molar-refractivity contribution in [3.63, 3.8) is 0 Å². The Morgan fingerprint density at radius 1 is 0.810 bits per heavy atom. The van der Waals surface area contributed by atoms with Crippen LogP contribution in [0, 0.1) is 0 Å². The number of hydrogen-bond acceptors (Lipinski definition) is 4. The zero-order chi connectivity index (χ0) is 29.7. The first kappa shape index (κ1) is 30.8. The van der Waals surface area contributed by atoms with Crippen LogP contribution in [0.15, 0.2) is 79.0 Å². The van der Waals surface area contributed by atoms with Gasteiger partial charge in [0.1, 0.15) is 12.3 Å². The molecule has 0 radical (unpaired) electrons. The Balaban J connectivity index is 1.52. The topological polar surface area (TPSA) is 74.9 Å². The number of unbranched alkanes of at least 4 members (excludes halogenated alkanes) is 2. The molecule has 0 unspecified atom stereocenters. The number of rotatable bonds is 16. The van der Waals surface area contributed by atoms with Crippen LogP contribution in [-0.2, 0) is 28.9 Å². The second kappa shape index (κ2) is 15.8. The molecular weight excluding hydrogens is 526 g/mol. The van der Waals surface area contributed by atoms with E-state index < -0.39 is 0 Å². The predicted octanol–water partition coefficient (Wildman–Crippen LogP) is 6.27. The van der Waals surface area contributed by atoms with Crippen LogP contribution >= 0.6 is 0 Å². The van der Waals surface area contributed by atoms with Gasteiger partial charge in [0, 0.05) is 55.0 Å². The lowest BCUT2D eigenvalue weighted by molar-refractivity contribution is -0.132. The highest BCUT2D eigenvalue weighted by Crippen LogP contribution is 2.22. The number of aromatic amines is 1. The first-order chi connectivity index (χ1) is 20.5. The van der Waals surface area contributed by atoms with E-state index in [0.29, 0.717) is 38.2 Å². The van der Waals surface area contributed by atoms with Crippen molar-refractivity contribution < 1.29 is 19.1 Å². The molecule has 1 heterocycles. The fourth-order valence-electron chi connectivity index (χ4n) is 5.22. The molecule has 0 spiro atoms. The van der Waals surface area contributed by atoms with Crippen LogP contribution in [0.4, 0.5) is 0 Å². The number of aromatic nitrogens is 1. The second-order valence-electron chi connectivity index (χ2n) is 10.6. The minimum atomic E-state index is -0.172. The first-order valence-corrected chi connectivity index (χ1v) is 14.9. The molecule has 7 heteroatoms. The van der Waals surface area contributed by atoms with E-state index in [1.54, 1.807) is 19.1 Å². The summed E-state index contributed by atoms with van der Waals surface area (Å²) in [6.45, 7) is 3.70. The standard InChI is InChI=1S/C35H43N3O4/c1-4-5-6-11-27-16-18-28(19-17-27)35(40)38(22-23-41-2)26-34(39)37(25-30-12-7-10-15-33(30)42-3)21-20-29-24-36-32-14-9-8-13-31(29)32/h7-10,12-19,24,36H,4-6,11,20-23,25-26H2,1-3H3. The normalized spacial score (nSPS) is 11.0. The number of ether oxygens (including phenoxy) is 2. The number of carbonyl (C=O) groups is 2. The van der Waals surface area contributed by atoms with Gasteiger partial charge in [-0.15, -0.1) is 0 Å². The van der Waals surface area contributed by atoms with Crippen LogP contribution in [0.3, 0.4) is 0 Å². The Labute approximate surface area is 249 Å². The van der Waals surface area contributed by atoms with Gasteiger partial charge in [-0.25, -0.2) is 0 Å². The second-order valence-corrected chi connectivity index (χ2v) is 10.6. The summed E-state index contributed by atoms with van der Waals surface area (Å²) >= 11 is 0. The zero-order valence-electron chi connectivity index (χ0n) is 25.1. The fraction of sp³-hybridized carbons (Fsp3) is 0.371. The SMILES string of the molecule is CCCCCc1ccc(C(=O)N(CCOC)CC(=O)N(CCc2c[nH]c3ccccc23)Cc2ccccc2OC)cc1. The summed E-state index contributed by atoms with van der Waals surface area (Å²) < 4.78 is 10.9. The molecule has 0 atom stereocenters. The number of aryl methyl sites for hydroxylation is 1. The zero-order valence-corrected chi connectivity index (χ0v) is 25.1. The maximum absolute atomic E-state index is 13.9. The maximum atomic E-state index is 13.9. The Bertz CT molecular complexity index is 1430. The molecule has 0 bridgehead atoms. The number of nitrogens with zero attached hydrogens (tertiary/aromatic N) is 2. The van der Waals surface area contributed by atoms with Gasteiger partial charge in [0.25, 0.3) is 5.91 Å². The van der Waals surface area contributed by atoms with Crippen molar-refractivity contribution in [1.29, 1.82) is 0 Å². The fourth-order valence-corrected chi connectivity index (χ4v) is 5.22. The molecular formula is C35H43N3O4. The first-order valence-electron chi connectivity index (χ1n) is 14.9. The molecule has 0 fully saturated rings. The molecule has 0 aliphatic heterocycles. The van der Waals surface area contributed by atoms with E-state index in [1.807, 2.05) is 77.8 Å². The molecule has 0 saturated heterocycles. The molecule has 1 N–H and O–H groups in total. The van der Waals surface area contributed by atoms with Crippen LogP contribution in [0.1, 0.15) is 53.2 Å². The van der Waals surface area contributed by atoms with Crippen molar-refractivity contribution in [2.45, 2.75) is 45.6 Å². The van der Waals surface area contributed by atoms with E-state index in [4.69, 9.17) is 9.47 Å². The van der Waals surface area contributed by atoms with Gasteiger partial charge in [0.05, 0.1) is 13.7 Å². The Kier molecular flexibility index (Phi) is 11.6. The quantitative estimate of drug-likeness (QED) is 0.161. The van der Waals surface area contributed by atoms with Gasteiger partial charge in [-0.2, -0.15) is 0 Å². The van der Waals surface area contributed by atoms with Crippen molar-refractivity contribution in [1.82, 2.24) is 14.8 Å². The summed E-state index contributed by atoms with van der Waals surface area (Å²) in [6, 6.07) is 23.7. The Hall–Kier alpha value is -4.10. The largest absolute Gasteiger partial charge is 0.496 e. The molecule has 4 rings (SSSR count). The third-order valence-electron chi connectivity index (χ3n) is 7.68. The van der Waals surface area contributed by atoms with Gasteiger partial charge >= 0.3 is 0 Å². The molecule has 0 saturated carbocycles. The van der Waals surface area contributed by atoms with Crippen LogP contribution in [0.25, 0.3) is 10.9 Å². The van der Waals surface area contributed by atoms with Crippen LogP contribution < -0.4 is 4.74 Å². The summed E-state index contributed by atoms with van der Waals surface area (Å²) in [4.78, 5) is 34.3. The summed E-state index contributed by atoms with van der Waals surface area (Å²) in [5, 5.41) is 1.15. The molecule has 4 aromatic rings. The highest BCUT2D eigenvalue weighted by Gasteiger charge is 2.23. The summed E-state index contributed by atoms with van der Waals surface area (Å²) in [7, 11) is 3.24. The third kappa shape index (κ3) is 8.23. The average Bonchev–Trinajstić information content (AvgIpc) is 3.44. The number of hydrogen-bond donors (Lipinski definition) is 1. The van der Waals surface area contributed by atoms with Gasteiger partial charge in [0.2, 0.25) is 5.91 Å². The van der Waals surface area contributed by atoms with Crippen molar-refractivity contribution in [2.75, 3.05) is 40.5 Å². The Morgan fingerprint density at radius 2 is 1.57 bits per heavy atom. The number of amides is 2. The average molecular weight is 570 g/mol. The molecule has 222 valence electrons. The number of benzene rings is 3. The van der Waals surface area contributed by atoms with E-state index in [1.165, 1.54) is 18.4 Å². The van der Waals surface area contributed by atoms with Crippen molar-refractivity contribution in [3.8, 4) is 5.75 Å². The minimum absolute atomic E-state index is 0.0382. The summed E-state index contributed by atoms with van der Waals surface area (Å²) in [5.74, 6) is 0.435. The lowest BCUT2D eigenvalue weighted by Crippen LogP contribution is -2.44. The van der Waals surface area contributed by atoms with E-state index >= 15 is 0 Å². The minimum Gasteiger partial charge on any atom is -0.496 e. The van der Waals surface area contributed by atoms with Gasteiger partial charge in [-0.3, -0.25) is 9.59 Å². The number of para-hydroxylation sites is 2. The van der Waals surface area contributed by atoms with Crippen molar-refractivity contribution in [3.05, 3.63) is 101 Å². The lowest BCUT2D eigenvalue weighted by Gasteiger charge is -2.28. The van der Waals surface area contributed by atoms with Gasteiger partial charge in [-0.1, -0.05) is 68.3 Å². The number of fused-ring (bicyclic) bond motifs is 1. The summed E-state index contributed by atoms with van der Waals surface area (Å²) in [6.07, 6.45) is 7.20. The van der Waals surface area contributed by atoms with E-state index in [0.717, 1.165) is 40.6 Å². The molecule has 3 aromatic carbocycles. The van der Waals surface area contributed by atoms with Gasteiger partial charge in [-0.05, 0) is 54.7 Å². The highest BCUT2D eigenvalue weighted by atomic mass is 16.5. The van der Waals surface area contributed by atoms with Crippen LogP contribution in [0.2, 0.25) is 0 Å². The predicted molar refractivity (Wildman–Crippen MR) is 168 cm³/mol. The monoisotopic (exact) mass is 569 g/mol. The van der Waals surface area contributed by atoms with E-state index in [-0.39, 0.29) is 18.4 Å². The van der Waals surface area contributed by atoms with E-state index in [9.17, 15) is 9.59 Å². The molecule has 42 heavy (non-hydrogen) atoms. The Morgan fingerprint density at radius 3 is 2.33 bits per heavy atom. The number of nitrogens with one attached hydrogen (secondary N) is 1. The van der Waals surface area contributed by atoms with Gasteiger partial charge in [0.15, 0.2) is 0 Å². The maximum Gasteiger partial charge on any atom is 0.254 e.